The molecule has 4 atom stereocenters. The molecule has 0 heterocycles. The summed E-state index contributed by atoms with van der Waals surface area (Å²) in [5, 5.41) is 0. The van der Waals surface area contributed by atoms with Crippen molar-refractivity contribution in [2.75, 3.05) is 0 Å². The van der Waals surface area contributed by atoms with Gasteiger partial charge in [-0.2, -0.15) is 0 Å². The highest BCUT2D eigenvalue weighted by atomic mass is 35.5. The Morgan fingerprint density at radius 2 is 1.84 bits per heavy atom. The van der Waals surface area contributed by atoms with Crippen LogP contribution in [-0.2, 0) is 0 Å². The van der Waals surface area contributed by atoms with Gasteiger partial charge in [0, 0.05) is 6.21 Å². The van der Waals surface area contributed by atoms with Crippen molar-refractivity contribution in [1.29, 1.82) is 0 Å². The van der Waals surface area contributed by atoms with Crippen LogP contribution < -0.4 is 0 Å². The molecule has 3 aliphatic rings. The molecule has 0 unspecified atom stereocenters. The van der Waals surface area contributed by atoms with Gasteiger partial charge in [0.05, 0.1) is 6.04 Å². The monoisotopic (exact) mass is 277 g/mol. The summed E-state index contributed by atoms with van der Waals surface area (Å²) in [4.78, 5) is 4.86. The number of aliphatic imine (C=N–C) groups is 1. The first kappa shape index (κ1) is 14.6. The lowest BCUT2D eigenvalue weighted by molar-refractivity contribution is -0.108. The molecule has 19 heavy (non-hydrogen) atoms. The minimum atomic E-state index is 0. The average Bonchev–Trinajstić information content (AvgIpc) is 2.38. The van der Waals surface area contributed by atoms with Crippen LogP contribution in [0.4, 0.5) is 0 Å². The molecule has 1 aromatic carbocycles. The number of fused-ring (bicyclic) bond motifs is 2. The Hall–Kier alpha value is -0.820. The van der Waals surface area contributed by atoms with E-state index < -0.39 is 0 Å². The second-order valence-electron chi connectivity index (χ2n) is 6.71. The van der Waals surface area contributed by atoms with E-state index in [9.17, 15) is 0 Å². The molecule has 1 aromatic rings. The minimum absolute atomic E-state index is 0. The Kier molecular flexibility index (Phi) is 4.06. The number of halogens is 1. The van der Waals surface area contributed by atoms with Crippen LogP contribution in [0, 0.1) is 23.2 Å². The quantitative estimate of drug-likeness (QED) is 0.701. The summed E-state index contributed by atoms with van der Waals surface area (Å²) in [7, 11) is 0. The Labute approximate surface area is 122 Å². The molecule has 1 nitrogen and oxygen atoms in total. The second-order valence-corrected chi connectivity index (χ2v) is 6.71. The highest BCUT2D eigenvalue weighted by molar-refractivity contribution is 5.85. The van der Waals surface area contributed by atoms with Crippen LogP contribution in [0.25, 0.3) is 0 Å². The topological polar surface area (TPSA) is 12.4 Å². The zero-order chi connectivity index (χ0) is 12.8. The zero-order valence-corrected chi connectivity index (χ0v) is 12.9. The van der Waals surface area contributed by atoms with Crippen molar-refractivity contribution >= 4 is 18.6 Å². The van der Waals surface area contributed by atoms with Gasteiger partial charge in [-0.1, -0.05) is 51.1 Å². The Bertz CT molecular complexity index is 452. The summed E-state index contributed by atoms with van der Waals surface area (Å²) in [5.41, 5.74) is 1.79. The molecule has 0 radical (unpaired) electrons. The summed E-state index contributed by atoms with van der Waals surface area (Å²) in [6, 6.07) is 11.0. The maximum atomic E-state index is 4.86. The lowest BCUT2D eigenvalue weighted by Gasteiger charge is -2.61. The smallest absolute Gasteiger partial charge is 0.0531 e. The number of hydrogen-bond donors (Lipinski definition) is 0. The van der Waals surface area contributed by atoms with Crippen LogP contribution >= 0.6 is 12.4 Å². The van der Waals surface area contributed by atoms with Gasteiger partial charge >= 0.3 is 0 Å². The summed E-state index contributed by atoms with van der Waals surface area (Å²) in [6.45, 7) is 7.29. The van der Waals surface area contributed by atoms with E-state index in [4.69, 9.17) is 4.99 Å². The highest BCUT2D eigenvalue weighted by Gasteiger charge is 2.56. The van der Waals surface area contributed by atoms with Gasteiger partial charge < -0.3 is 0 Å². The lowest BCUT2D eigenvalue weighted by atomic mass is 9.45. The van der Waals surface area contributed by atoms with E-state index in [2.05, 4.69) is 57.3 Å². The van der Waals surface area contributed by atoms with E-state index in [0.717, 1.165) is 17.8 Å². The van der Waals surface area contributed by atoms with Gasteiger partial charge in [-0.05, 0) is 41.6 Å². The molecular weight excluding hydrogens is 254 g/mol. The van der Waals surface area contributed by atoms with Gasteiger partial charge in [-0.3, -0.25) is 4.99 Å². The average molecular weight is 278 g/mol. The van der Waals surface area contributed by atoms with Gasteiger partial charge in [0.15, 0.2) is 0 Å². The minimum Gasteiger partial charge on any atom is -0.289 e. The third kappa shape index (κ3) is 2.45. The number of benzene rings is 1. The SMILES string of the molecule is C[C@@H]1[C@H]2C[C@@H](C[C@H]1N=Cc1ccccc1)C2(C)C.Cl. The summed E-state index contributed by atoms with van der Waals surface area (Å²) in [5.74, 6) is 2.52. The molecule has 0 aliphatic heterocycles. The fraction of sp³-hybridized carbons (Fsp3) is 0.588. The maximum absolute atomic E-state index is 4.86. The third-order valence-electron chi connectivity index (χ3n) is 5.53. The van der Waals surface area contributed by atoms with Crippen LogP contribution in [-0.4, -0.2) is 12.3 Å². The first-order valence-electron chi connectivity index (χ1n) is 7.17. The predicted molar refractivity (Wildman–Crippen MR) is 84.2 cm³/mol. The van der Waals surface area contributed by atoms with Crippen LogP contribution in [0.1, 0.15) is 39.2 Å². The third-order valence-corrected chi connectivity index (χ3v) is 5.53. The standard InChI is InChI=1S/C17H23N.ClH/c1-12-15-9-14(17(15,2)3)10-16(12)18-11-13-7-5-4-6-8-13;/h4-8,11-12,14-16H,9-10H2,1-3H3;1H/t12-,14+,15-,16-;/m1./s1. The summed E-state index contributed by atoms with van der Waals surface area (Å²) in [6.07, 6.45) is 4.79. The van der Waals surface area contributed by atoms with E-state index >= 15 is 0 Å². The van der Waals surface area contributed by atoms with Crippen molar-refractivity contribution in [1.82, 2.24) is 0 Å². The molecule has 0 amide bonds. The fourth-order valence-corrected chi connectivity index (χ4v) is 4.04. The van der Waals surface area contributed by atoms with Crippen LogP contribution in [0.15, 0.2) is 35.3 Å². The van der Waals surface area contributed by atoms with E-state index in [1.807, 2.05) is 0 Å². The van der Waals surface area contributed by atoms with Gasteiger partial charge in [-0.25, -0.2) is 0 Å². The van der Waals surface area contributed by atoms with E-state index in [1.165, 1.54) is 18.4 Å². The van der Waals surface area contributed by atoms with E-state index in [1.54, 1.807) is 0 Å². The van der Waals surface area contributed by atoms with Crippen molar-refractivity contribution in [2.45, 2.75) is 39.7 Å². The number of rotatable bonds is 2. The molecule has 0 aromatic heterocycles. The van der Waals surface area contributed by atoms with Gasteiger partial charge in [-0.15, -0.1) is 12.4 Å². The molecule has 0 N–H and O–H groups in total. The molecule has 4 rings (SSSR count). The van der Waals surface area contributed by atoms with Crippen LogP contribution in [0.2, 0.25) is 0 Å². The van der Waals surface area contributed by atoms with Crippen LogP contribution in [0.3, 0.4) is 0 Å². The summed E-state index contributed by atoms with van der Waals surface area (Å²) < 4.78 is 0. The Morgan fingerprint density at radius 1 is 1.16 bits per heavy atom. The lowest BCUT2D eigenvalue weighted by Crippen LogP contribution is -2.56. The van der Waals surface area contributed by atoms with Crippen molar-refractivity contribution in [3.05, 3.63) is 35.9 Å². The Morgan fingerprint density at radius 3 is 2.42 bits per heavy atom. The number of nitrogens with zero attached hydrogens (tertiary/aromatic N) is 1. The van der Waals surface area contributed by atoms with E-state index in [0.29, 0.717) is 11.5 Å². The van der Waals surface area contributed by atoms with Gasteiger partial charge in [0.25, 0.3) is 0 Å². The number of hydrogen-bond acceptors (Lipinski definition) is 1. The van der Waals surface area contributed by atoms with Crippen molar-refractivity contribution in [3.63, 3.8) is 0 Å². The van der Waals surface area contributed by atoms with Crippen molar-refractivity contribution in [3.8, 4) is 0 Å². The highest BCUT2D eigenvalue weighted by Crippen LogP contribution is 2.61. The normalized spacial score (nSPS) is 35.5. The Balaban J connectivity index is 0.00000133. The van der Waals surface area contributed by atoms with Gasteiger partial charge in [0.1, 0.15) is 0 Å². The van der Waals surface area contributed by atoms with E-state index in [-0.39, 0.29) is 12.4 Å². The van der Waals surface area contributed by atoms with Crippen LogP contribution in [0.5, 0.6) is 0 Å². The largest absolute Gasteiger partial charge is 0.289 e. The first-order valence-corrected chi connectivity index (χ1v) is 7.17. The maximum Gasteiger partial charge on any atom is 0.0531 e. The molecule has 2 bridgehead atoms. The van der Waals surface area contributed by atoms with Crippen molar-refractivity contribution < 1.29 is 0 Å². The zero-order valence-electron chi connectivity index (χ0n) is 12.0. The molecule has 3 saturated carbocycles. The second kappa shape index (κ2) is 5.28. The van der Waals surface area contributed by atoms with Crippen molar-refractivity contribution in [2.24, 2.45) is 28.2 Å². The molecule has 104 valence electrons. The molecular formula is C17H24ClN. The molecule has 3 fully saturated rings. The summed E-state index contributed by atoms with van der Waals surface area (Å²) >= 11 is 0. The molecule has 0 saturated heterocycles. The fourth-order valence-electron chi connectivity index (χ4n) is 4.04. The predicted octanol–water partition coefficient (Wildman–Crippen LogP) is 4.60. The van der Waals surface area contributed by atoms with Gasteiger partial charge in [0.2, 0.25) is 0 Å². The molecule has 0 spiro atoms. The molecule has 3 aliphatic carbocycles. The first-order chi connectivity index (χ1) is 8.59. The molecule has 2 heteroatoms.